The fourth-order valence-electron chi connectivity index (χ4n) is 2.74. The fourth-order valence-corrected chi connectivity index (χ4v) is 2.74. The topological polar surface area (TPSA) is 123 Å². The van der Waals surface area contributed by atoms with Crippen LogP contribution in [0.5, 0.6) is 28.7 Å². The van der Waals surface area contributed by atoms with E-state index in [2.05, 4.69) is 0 Å². The molecular formula is C23H24O8. The molecule has 2 aromatic carbocycles. The molecule has 3 N–H and O–H groups in total. The van der Waals surface area contributed by atoms with Gasteiger partial charge in [0.15, 0.2) is 34.6 Å². The maximum Gasteiger partial charge on any atom is 0.200 e. The molecule has 0 bridgehead atoms. The number of allylic oxidation sites excluding steroid dienone is 2. The summed E-state index contributed by atoms with van der Waals surface area (Å²) in [5, 5.41) is 29.1. The first kappa shape index (κ1) is 23.5. The largest absolute Gasteiger partial charge is 0.504 e. The summed E-state index contributed by atoms with van der Waals surface area (Å²) in [5.41, 5.74) is 1.33. The van der Waals surface area contributed by atoms with E-state index in [0.717, 1.165) is 0 Å². The van der Waals surface area contributed by atoms with Crippen LogP contribution in [0.15, 0.2) is 36.4 Å². The van der Waals surface area contributed by atoms with E-state index in [0.29, 0.717) is 11.1 Å². The van der Waals surface area contributed by atoms with Crippen LogP contribution in [0.4, 0.5) is 0 Å². The third-order valence-electron chi connectivity index (χ3n) is 4.34. The number of rotatable bonds is 10. The van der Waals surface area contributed by atoms with E-state index in [1.165, 1.54) is 69.9 Å². The second kappa shape index (κ2) is 10.8. The van der Waals surface area contributed by atoms with Crippen LogP contribution in [0.25, 0.3) is 12.2 Å². The molecule has 0 aliphatic rings. The average molecular weight is 428 g/mol. The van der Waals surface area contributed by atoms with E-state index in [1.54, 1.807) is 0 Å². The van der Waals surface area contributed by atoms with Gasteiger partial charge in [0.05, 0.1) is 34.4 Å². The Labute approximate surface area is 179 Å². The Bertz CT molecular complexity index is 889. The van der Waals surface area contributed by atoms with Gasteiger partial charge in [0.25, 0.3) is 0 Å². The predicted molar refractivity (Wildman–Crippen MR) is 114 cm³/mol. The first-order valence-electron chi connectivity index (χ1n) is 9.20. The van der Waals surface area contributed by atoms with E-state index in [-0.39, 0.29) is 40.7 Å². The standard InChI is InChI=1S/C23H24O8/c1-29-19-9-14(8-16(13-24)22(19)27)4-6-17(25)12-18(26)7-5-15-10-20(30-2)23(28)21(11-15)31-3/h4-11,24,27-28H,12-13H2,1-3H3/b6-4+,7-5+. The number of ether oxygens (including phenoxy) is 3. The van der Waals surface area contributed by atoms with E-state index in [1.807, 2.05) is 0 Å². The average Bonchev–Trinajstić information content (AvgIpc) is 2.77. The lowest BCUT2D eigenvalue weighted by molar-refractivity contribution is -0.121. The van der Waals surface area contributed by atoms with Crippen LogP contribution in [-0.4, -0.2) is 48.2 Å². The molecule has 0 unspecified atom stereocenters. The second-order valence-electron chi connectivity index (χ2n) is 6.44. The number of aliphatic hydroxyl groups is 1. The number of phenols is 2. The molecule has 2 rings (SSSR count). The third kappa shape index (κ3) is 6.10. The normalized spacial score (nSPS) is 11.1. The summed E-state index contributed by atoms with van der Waals surface area (Å²) >= 11 is 0. The molecule has 0 saturated carbocycles. The van der Waals surface area contributed by atoms with Gasteiger partial charge in [-0.05, 0) is 47.5 Å². The number of ketones is 2. The van der Waals surface area contributed by atoms with Crippen LogP contribution in [0.3, 0.4) is 0 Å². The van der Waals surface area contributed by atoms with Gasteiger partial charge in [0, 0.05) is 5.56 Å². The number of aromatic hydroxyl groups is 2. The smallest absolute Gasteiger partial charge is 0.200 e. The van der Waals surface area contributed by atoms with E-state index in [4.69, 9.17) is 14.2 Å². The van der Waals surface area contributed by atoms with Crippen molar-refractivity contribution in [2.24, 2.45) is 0 Å². The van der Waals surface area contributed by atoms with Gasteiger partial charge in [-0.2, -0.15) is 0 Å². The summed E-state index contributed by atoms with van der Waals surface area (Å²) in [7, 11) is 4.16. The second-order valence-corrected chi connectivity index (χ2v) is 6.44. The zero-order valence-electron chi connectivity index (χ0n) is 17.4. The monoisotopic (exact) mass is 428 g/mol. The minimum Gasteiger partial charge on any atom is -0.504 e. The van der Waals surface area contributed by atoms with E-state index in [9.17, 15) is 24.9 Å². The van der Waals surface area contributed by atoms with Crippen LogP contribution in [0.2, 0.25) is 0 Å². The summed E-state index contributed by atoms with van der Waals surface area (Å²) < 4.78 is 15.2. The lowest BCUT2D eigenvalue weighted by Crippen LogP contribution is -2.02. The molecule has 0 radical (unpaired) electrons. The van der Waals surface area contributed by atoms with Gasteiger partial charge < -0.3 is 29.5 Å². The summed E-state index contributed by atoms with van der Waals surface area (Å²) in [4.78, 5) is 24.2. The summed E-state index contributed by atoms with van der Waals surface area (Å²) in [6.07, 6.45) is 5.11. The van der Waals surface area contributed by atoms with Crippen LogP contribution in [-0.2, 0) is 16.2 Å². The van der Waals surface area contributed by atoms with Crippen molar-refractivity contribution in [3.05, 3.63) is 53.1 Å². The first-order chi connectivity index (χ1) is 14.8. The number of methoxy groups -OCH3 is 3. The highest BCUT2D eigenvalue weighted by Gasteiger charge is 2.11. The molecule has 0 spiro atoms. The minimum absolute atomic E-state index is 0.149. The molecule has 8 heteroatoms. The molecule has 0 aliphatic heterocycles. The lowest BCUT2D eigenvalue weighted by atomic mass is 10.1. The molecular weight excluding hydrogens is 404 g/mol. The number of benzene rings is 2. The third-order valence-corrected chi connectivity index (χ3v) is 4.34. The molecule has 0 aromatic heterocycles. The summed E-state index contributed by atoms with van der Waals surface area (Å²) in [6.45, 7) is -0.395. The van der Waals surface area contributed by atoms with E-state index < -0.39 is 18.2 Å². The van der Waals surface area contributed by atoms with Gasteiger partial charge in [-0.25, -0.2) is 0 Å². The van der Waals surface area contributed by atoms with Gasteiger partial charge in [0.1, 0.15) is 0 Å². The van der Waals surface area contributed by atoms with Crippen molar-refractivity contribution in [2.75, 3.05) is 21.3 Å². The molecule has 0 aliphatic carbocycles. The maximum absolute atomic E-state index is 12.1. The highest BCUT2D eigenvalue weighted by atomic mass is 16.5. The van der Waals surface area contributed by atoms with Gasteiger partial charge in [0.2, 0.25) is 5.75 Å². The van der Waals surface area contributed by atoms with Crippen molar-refractivity contribution in [3.63, 3.8) is 0 Å². The lowest BCUT2D eigenvalue weighted by Gasteiger charge is -2.09. The molecule has 0 amide bonds. The first-order valence-corrected chi connectivity index (χ1v) is 9.20. The number of carbonyl (C=O) groups excluding carboxylic acids is 2. The molecule has 8 nitrogen and oxygen atoms in total. The predicted octanol–water partition coefficient (Wildman–Crippen LogP) is 2.87. The Hall–Kier alpha value is -3.78. The number of hydrogen-bond donors (Lipinski definition) is 3. The Morgan fingerprint density at radius 2 is 1.19 bits per heavy atom. The molecule has 0 atom stereocenters. The fraction of sp³-hybridized carbons (Fsp3) is 0.217. The van der Waals surface area contributed by atoms with Crippen molar-refractivity contribution in [3.8, 4) is 28.7 Å². The minimum atomic E-state index is -0.423. The van der Waals surface area contributed by atoms with Crippen LogP contribution < -0.4 is 14.2 Å². The molecule has 0 heterocycles. The number of phenolic OH excluding ortho intramolecular Hbond substituents is 1. The quantitative estimate of drug-likeness (QED) is 0.390. The highest BCUT2D eigenvalue weighted by molar-refractivity contribution is 6.10. The van der Waals surface area contributed by atoms with Crippen molar-refractivity contribution in [1.29, 1.82) is 0 Å². The van der Waals surface area contributed by atoms with Crippen LogP contribution in [0, 0.1) is 0 Å². The van der Waals surface area contributed by atoms with Crippen molar-refractivity contribution in [2.45, 2.75) is 13.0 Å². The highest BCUT2D eigenvalue weighted by Crippen LogP contribution is 2.37. The summed E-state index contributed by atoms with van der Waals surface area (Å²) in [5.74, 6) is -0.611. The number of hydrogen-bond acceptors (Lipinski definition) is 8. The van der Waals surface area contributed by atoms with Gasteiger partial charge >= 0.3 is 0 Å². The van der Waals surface area contributed by atoms with Crippen LogP contribution >= 0.6 is 0 Å². The van der Waals surface area contributed by atoms with Crippen LogP contribution in [0.1, 0.15) is 23.1 Å². The SMILES string of the molecule is COc1cc(/C=C/C(=O)CC(=O)/C=C/c2cc(OC)c(O)c(OC)c2)cc(CO)c1O. The molecule has 31 heavy (non-hydrogen) atoms. The van der Waals surface area contributed by atoms with Gasteiger partial charge in [-0.15, -0.1) is 0 Å². The molecule has 2 aromatic rings. The Kier molecular flexibility index (Phi) is 8.22. The Morgan fingerprint density at radius 3 is 1.61 bits per heavy atom. The number of aliphatic hydroxyl groups excluding tert-OH is 1. The zero-order chi connectivity index (χ0) is 23.0. The molecule has 0 saturated heterocycles. The van der Waals surface area contributed by atoms with Gasteiger partial charge in [-0.1, -0.05) is 12.2 Å². The maximum atomic E-state index is 12.1. The molecule has 164 valence electrons. The number of carbonyl (C=O) groups is 2. The zero-order valence-corrected chi connectivity index (χ0v) is 17.4. The van der Waals surface area contributed by atoms with Crippen molar-refractivity contribution >= 4 is 23.7 Å². The van der Waals surface area contributed by atoms with Gasteiger partial charge in [-0.3, -0.25) is 9.59 Å². The Balaban J connectivity index is 2.07. The van der Waals surface area contributed by atoms with Crippen molar-refractivity contribution < 1.29 is 39.1 Å². The Morgan fingerprint density at radius 1 is 0.774 bits per heavy atom. The van der Waals surface area contributed by atoms with Crippen molar-refractivity contribution in [1.82, 2.24) is 0 Å². The van der Waals surface area contributed by atoms with E-state index >= 15 is 0 Å². The molecule has 0 fully saturated rings. The summed E-state index contributed by atoms with van der Waals surface area (Å²) in [6, 6.07) is 6.07.